The van der Waals surface area contributed by atoms with Gasteiger partial charge in [-0.15, -0.1) is 0 Å². The highest BCUT2D eigenvalue weighted by Crippen LogP contribution is 2.42. The maximum Gasteiger partial charge on any atom is 0.238 e. The van der Waals surface area contributed by atoms with E-state index in [1.165, 1.54) is 4.90 Å². The third-order valence-electron chi connectivity index (χ3n) is 4.20. The Hall–Kier alpha value is -2.10. The third-order valence-corrected chi connectivity index (χ3v) is 4.20. The largest absolute Gasteiger partial charge is 0.495 e. The molecule has 2 amide bonds. The van der Waals surface area contributed by atoms with Gasteiger partial charge in [-0.2, -0.15) is 0 Å². The van der Waals surface area contributed by atoms with Crippen LogP contribution < -0.4 is 9.64 Å². The van der Waals surface area contributed by atoms with Crippen molar-refractivity contribution >= 4 is 17.5 Å². The molecule has 20 heavy (non-hydrogen) atoms. The minimum absolute atomic E-state index is 0.102. The van der Waals surface area contributed by atoms with Crippen LogP contribution in [0.4, 0.5) is 5.69 Å². The fourth-order valence-corrected chi connectivity index (χ4v) is 3.20. The first-order valence-electron chi connectivity index (χ1n) is 6.82. The van der Waals surface area contributed by atoms with Gasteiger partial charge >= 0.3 is 0 Å². The molecule has 4 heteroatoms. The van der Waals surface area contributed by atoms with E-state index in [0.29, 0.717) is 17.9 Å². The summed E-state index contributed by atoms with van der Waals surface area (Å²) in [5, 5.41) is 0. The summed E-state index contributed by atoms with van der Waals surface area (Å²) in [5.74, 6) is -0.0368. The van der Waals surface area contributed by atoms with Crippen LogP contribution >= 0.6 is 0 Å². The Balaban J connectivity index is 2.04. The zero-order valence-electron chi connectivity index (χ0n) is 11.6. The van der Waals surface area contributed by atoms with Crippen molar-refractivity contribution in [3.8, 4) is 5.75 Å². The standard InChI is InChI=1S/C16H17NO3/c1-10-6-5-7-11-14(10)16(19)17(15(11)18)12-8-3-4-9-13(12)20-2/h3-6,8-11,14H,7H2,1-2H3/t10-,11+,14-/m0/s1. The number of hydrogen-bond acceptors (Lipinski definition) is 3. The molecule has 4 nitrogen and oxygen atoms in total. The van der Waals surface area contributed by atoms with Gasteiger partial charge in [-0.25, -0.2) is 4.90 Å². The molecule has 2 aliphatic rings. The van der Waals surface area contributed by atoms with Gasteiger partial charge in [0.1, 0.15) is 5.75 Å². The van der Waals surface area contributed by atoms with Gasteiger partial charge in [0.05, 0.1) is 24.6 Å². The number of imide groups is 1. The Morgan fingerprint density at radius 2 is 1.95 bits per heavy atom. The van der Waals surface area contributed by atoms with Crippen LogP contribution in [0, 0.1) is 17.8 Å². The second-order valence-corrected chi connectivity index (χ2v) is 5.34. The van der Waals surface area contributed by atoms with Crippen LogP contribution in [0.3, 0.4) is 0 Å². The summed E-state index contributed by atoms with van der Waals surface area (Å²) in [7, 11) is 1.54. The van der Waals surface area contributed by atoms with Crippen LogP contribution in [0.25, 0.3) is 0 Å². The number of carbonyl (C=O) groups excluding carboxylic acids is 2. The topological polar surface area (TPSA) is 46.6 Å². The molecule has 0 spiro atoms. The average molecular weight is 271 g/mol. The summed E-state index contributed by atoms with van der Waals surface area (Å²) in [4.78, 5) is 26.5. The van der Waals surface area contributed by atoms with E-state index in [4.69, 9.17) is 4.74 Å². The van der Waals surface area contributed by atoms with E-state index in [1.54, 1.807) is 19.2 Å². The maximum absolute atomic E-state index is 12.6. The first-order chi connectivity index (χ1) is 9.65. The molecule has 3 atom stereocenters. The number of para-hydroxylation sites is 2. The van der Waals surface area contributed by atoms with Gasteiger partial charge < -0.3 is 4.74 Å². The number of allylic oxidation sites excluding steroid dienone is 2. The van der Waals surface area contributed by atoms with Gasteiger partial charge in [-0.05, 0) is 24.5 Å². The number of nitrogens with zero attached hydrogens (tertiary/aromatic N) is 1. The third kappa shape index (κ3) is 1.75. The molecule has 1 aromatic rings. The van der Waals surface area contributed by atoms with Crippen molar-refractivity contribution in [2.24, 2.45) is 17.8 Å². The smallest absolute Gasteiger partial charge is 0.238 e. The number of anilines is 1. The first kappa shape index (κ1) is 12.9. The second kappa shape index (κ2) is 4.78. The zero-order chi connectivity index (χ0) is 14.3. The van der Waals surface area contributed by atoms with Crippen molar-refractivity contribution in [3.63, 3.8) is 0 Å². The lowest BCUT2D eigenvalue weighted by atomic mass is 9.78. The minimum Gasteiger partial charge on any atom is -0.495 e. The molecular formula is C16H17NO3. The van der Waals surface area contributed by atoms with Gasteiger partial charge in [0.2, 0.25) is 11.8 Å². The Morgan fingerprint density at radius 1 is 1.20 bits per heavy atom. The summed E-state index contributed by atoms with van der Waals surface area (Å²) in [6.45, 7) is 1.99. The van der Waals surface area contributed by atoms with E-state index >= 15 is 0 Å². The molecule has 3 rings (SSSR count). The van der Waals surface area contributed by atoms with Gasteiger partial charge in [0.25, 0.3) is 0 Å². The van der Waals surface area contributed by atoms with E-state index in [2.05, 4.69) is 0 Å². The van der Waals surface area contributed by atoms with Gasteiger partial charge in [0.15, 0.2) is 0 Å². The summed E-state index contributed by atoms with van der Waals surface area (Å²) in [6, 6.07) is 7.15. The summed E-state index contributed by atoms with van der Waals surface area (Å²) >= 11 is 0. The van der Waals surface area contributed by atoms with Crippen molar-refractivity contribution in [1.82, 2.24) is 0 Å². The fourth-order valence-electron chi connectivity index (χ4n) is 3.20. The first-order valence-corrected chi connectivity index (χ1v) is 6.82. The molecule has 0 unspecified atom stereocenters. The van der Waals surface area contributed by atoms with Crippen molar-refractivity contribution in [3.05, 3.63) is 36.4 Å². The number of amides is 2. The molecule has 0 saturated carbocycles. The van der Waals surface area contributed by atoms with Crippen LogP contribution in [0.1, 0.15) is 13.3 Å². The molecular weight excluding hydrogens is 254 g/mol. The van der Waals surface area contributed by atoms with E-state index in [-0.39, 0.29) is 29.6 Å². The molecule has 104 valence electrons. The Morgan fingerprint density at radius 3 is 2.65 bits per heavy atom. The SMILES string of the molecule is COc1ccccc1N1C(=O)[C@H]2[C@@H](C)C=CC[C@H]2C1=O. The van der Waals surface area contributed by atoms with Gasteiger partial charge in [0, 0.05) is 0 Å². The lowest BCUT2D eigenvalue weighted by Gasteiger charge is -2.22. The molecule has 0 N–H and O–H groups in total. The highest BCUT2D eigenvalue weighted by molar-refractivity contribution is 6.23. The summed E-state index contributed by atoms with van der Waals surface area (Å²) < 4.78 is 5.27. The molecule has 1 aliphatic carbocycles. The van der Waals surface area contributed by atoms with E-state index in [1.807, 2.05) is 31.2 Å². The molecule has 1 aromatic carbocycles. The normalized spacial score (nSPS) is 28.7. The maximum atomic E-state index is 12.6. The number of ether oxygens (including phenoxy) is 1. The quantitative estimate of drug-likeness (QED) is 0.613. The molecule has 1 aliphatic heterocycles. The lowest BCUT2D eigenvalue weighted by Crippen LogP contribution is -2.31. The number of methoxy groups -OCH3 is 1. The number of benzene rings is 1. The zero-order valence-corrected chi connectivity index (χ0v) is 11.6. The summed E-state index contributed by atoms with van der Waals surface area (Å²) in [6.07, 6.45) is 4.67. The molecule has 1 heterocycles. The molecule has 1 fully saturated rings. The van der Waals surface area contributed by atoms with Gasteiger partial charge in [-0.1, -0.05) is 31.2 Å². The Bertz CT molecular complexity index is 593. The minimum atomic E-state index is -0.239. The molecule has 1 saturated heterocycles. The highest BCUT2D eigenvalue weighted by atomic mass is 16.5. The molecule has 0 aromatic heterocycles. The van der Waals surface area contributed by atoms with Crippen LogP contribution in [0.2, 0.25) is 0 Å². The van der Waals surface area contributed by atoms with Crippen LogP contribution in [-0.4, -0.2) is 18.9 Å². The molecule has 0 radical (unpaired) electrons. The van der Waals surface area contributed by atoms with Crippen LogP contribution in [0.5, 0.6) is 5.75 Å². The van der Waals surface area contributed by atoms with Crippen molar-refractivity contribution in [1.29, 1.82) is 0 Å². The summed E-state index contributed by atoms with van der Waals surface area (Å²) in [5.41, 5.74) is 0.548. The lowest BCUT2D eigenvalue weighted by molar-refractivity contribution is -0.122. The van der Waals surface area contributed by atoms with Crippen molar-refractivity contribution < 1.29 is 14.3 Å². The second-order valence-electron chi connectivity index (χ2n) is 5.34. The number of carbonyl (C=O) groups is 2. The van der Waals surface area contributed by atoms with Crippen LogP contribution in [-0.2, 0) is 9.59 Å². The van der Waals surface area contributed by atoms with E-state index in [9.17, 15) is 9.59 Å². The predicted octanol–water partition coefficient (Wildman–Crippen LogP) is 2.40. The van der Waals surface area contributed by atoms with E-state index < -0.39 is 0 Å². The monoisotopic (exact) mass is 271 g/mol. The van der Waals surface area contributed by atoms with Crippen molar-refractivity contribution in [2.45, 2.75) is 13.3 Å². The average Bonchev–Trinajstić information content (AvgIpc) is 2.72. The predicted molar refractivity (Wildman–Crippen MR) is 75.4 cm³/mol. The van der Waals surface area contributed by atoms with Crippen molar-refractivity contribution in [2.75, 3.05) is 12.0 Å². The highest BCUT2D eigenvalue weighted by Gasteiger charge is 2.50. The van der Waals surface area contributed by atoms with Crippen LogP contribution in [0.15, 0.2) is 36.4 Å². The Labute approximate surface area is 118 Å². The van der Waals surface area contributed by atoms with Gasteiger partial charge in [-0.3, -0.25) is 9.59 Å². The molecule has 0 bridgehead atoms. The number of hydrogen-bond donors (Lipinski definition) is 0. The number of rotatable bonds is 2. The fraction of sp³-hybridized carbons (Fsp3) is 0.375. The Kier molecular flexibility index (Phi) is 3.08. The number of fused-ring (bicyclic) bond motifs is 1. The van der Waals surface area contributed by atoms with E-state index in [0.717, 1.165) is 0 Å².